The third kappa shape index (κ3) is 4.71. The third-order valence-corrected chi connectivity index (χ3v) is 5.62. The minimum atomic E-state index is -4.65. The lowest BCUT2D eigenvalue weighted by molar-refractivity contribution is -0.136. The molecule has 0 aliphatic carbocycles. The molecule has 0 atom stereocenters. The van der Waals surface area contributed by atoms with Crippen LogP contribution in [0.2, 0.25) is 0 Å². The molecule has 0 bridgehead atoms. The fourth-order valence-electron chi connectivity index (χ4n) is 2.09. The summed E-state index contributed by atoms with van der Waals surface area (Å²) in [5.74, 6) is 0.0393. The summed E-state index contributed by atoms with van der Waals surface area (Å²) in [6, 6.07) is 7.28. The molecule has 24 heavy (non-hydrogen) atoms. The number of nitrogens with zero attached hydrogens (tertiary/aromatic N) is 1. The molecule has 1 aromatic carbocycles. The van der Waals surface area contributed by atoms with Crippen LogP contribution in [-0.2, 0) is 16.6 Å². The zero-order valence-electron chi connectivity index (χ0n) is 12.8. The molecule has 132 valence electrons. The lowest BCUT2D eigenvalue weighted by atomic mass is 10.3. The van der Waals surface area contributed by atoms with E-state index in [2.05, 4.69) is 0 Å². The van der Waals surface area contributed by atoms with Gasteiger partial charge >= 0.3 is 6.18 Å². The van der Waals surface area contributed by atoms with Gasteiger partial charge in [0, 0.05) is 6.54 Å². The molecule has 0 spiro atoms. The minimum absolute atomic E-state index is 0.0393. The predicted octanol–water partition coefficient (Wildman–Crippen LogP) is 3.90. The third-order valence-electron chi connectivity index (χ3n) is 3.06. The van der Waals surface area contributed by atoms with Gasteiger partial charge in [0.25, 0.3) is 0 Å². The van der Waals surface area contributed by atoms with Crippen molar-refractivity contribution in [2.75, 3.05) is 13.2 Å². The molecule has 0 aliphatic rings. The van der Waals surface area contributed by atoms with Gasteiger partial charge < -0.3 is 4.74 Å². The molecule has 0 aliphatic heterocycles. The summed E-state index contributed by atoms with van der Waals surface area (Å²) in [5.41, 5.74) is 0.502. The molecule has 9 heteroatoms. The van der Waals surface area contributed by atoms with Crippen LogP contribution < -0.4 is 4.74 Å². The average Bonchev–Trinajstić information content (AvgIpc) is 2.99. The molecule has 4 nitrogen and oxygen atoms in total. The molecule has 1 aromatic heterocycles. The lowest BCUT2D eigenvalue weighted by Crippen LogP contribution is -2.38. The van der Waals surface area contributed by atoms with Crippen molar-refractivity contribution in [2.24, 2.45) is 0 Å². The van der Waals surface area contributed by atoms with E-state index in [0.717, 1.165) is 0 Å². The van der Waals surface area contributed by atoms with E-state index in [1.54, 1.807) is 29.8 Å². The van der Waals surface area contributed by atoms with E-state index in [0.29, 0.717) is 9.87 Å². The van der Waals surface area contributed by atoms with Crippen LogP contribution in [0.5, 0.6) is 5.75 Å². The molecule has 0 radical (unpaired) electrons. The summed E-state index contributed by atoms with van der Waals surface area (Å²) in [4.78, 5) is -0.272. The quantitative estimate of drug-likeness (QED) is 0.733. The fraction of sp³-hybridized carbons (Fsp3) is 0.333. The molecule has 0 N–H and O–H groups in total. The van der Waals surface area contributed by atoms with Crippen LogP contribution in [0.3, 0.4) is 0 Å². The first kappa shape index (κ1) is 18.8. The molecule has 0 unspecified atom stereocenters. The van der Waals surface area contributed by atoms with Gasteiger partial charge in [-0.3, -0.25) is 0 Å². The lowest BCUT2D eigenvalue weighted by Gasteiger charge is -2.24. The summed E-state index contributed by atoms with van der Waals surface area (Å²) >= 11 is 1.29. The van der Waals surface area contributed by atoms with Crippen LogP contribution in [0.15, 0.2) is 46.0 Å². The Kier molecular flexibility index (Phi) is 5.89. The Morgan fingerprint density at radius 2 is 1.92 bits per heavy atom. The van der Waals surface area contributed by atoms with E-state index in [1.165, 1.54) is 29.5 Å². The number of para-hydroxylation sites is 1. The Bertz CT molecular complexity index is 759. The number of ether oxygens (including phenoxy) is 1. The summed E-state index contributed by atoms with van der Waals surface area (Å²) < 4.78 is 69.9. The SMILES string of the molecule is CCOc1ccccc1S(=O)(=O)N(Cc1ccsc1)CC(F)(F)F. The zero-order chi connectivity index (χ0) is 17.8. The van der Waals surface area contributed by atoms with Crippen molar-refractivity contribution < 1.29 is 26.3 Å². The van der Waals surface area contributed by atoms with Crippen LogP contribution in [0.1, 0.15) is 12.5 Å². The van der Waals surface area contributed by atoms with Crippen molar-refractivity contribution in [3.05, 3.63) is 46.7 Å². The number of benzene rings is 1. The topological polar surface area (TPSA) is 46.6 Å². The number of halogens is 3. The van der Waals surface area contributed by atoms with Crippen molar-refractivity contribution in [1.82, 2.24) is 4.31 Å². The number of sulfonamides is 1. The number of alkyl halides is 3. The van der Waals surface area contributed by atoms with E-state index >= 15 is 0 Å². The molecule has 0 fully saturated rings. The second-order valence-corrected chi connectivity index (χ2v) is 7.59. The maximum absolute atomic E-state index is 12.9. The summed E-state index contributed by atoms with van der Waals surface area (Å²) in [6.07, 6.45) is -4.65. The van der Waals surface area contributed by atoms with Gasteiger partial charge in [0.15, 0.2) is 0 Å². The Labute approximate surface area is 142 Å². The molecule has 0 saturated heterocycles. The minimum Gasteiger partial charge on any atom is -0.492 e. The first-order valence-corrected chi connectivity index (χ1v) is 9.42. The smallest absolute Gasteiger partial charge is 0.402 e. The highest BCUT2D eigenvalue weighted by molar-refractivity contribution is 7.89. The van der Waals surface area contributed by atoms with Gasteiger partial charge in [0.2, 0.25) is 10.0 Å². The highest BCUT2D eigenvalue weighted by Crippen LogP contribution is 2.30. The van der Waals surface area contributed by atoms with Gasteiger partial charge in [-0.25, -0.2) is 8.42 Å². The van der Waals surface area contributed by atoms with Gasteiger partial charge in [-0.2, -0.15) is 28.8 Å². The van der Waals surface area contributed by atoms with Crippen molar-refractivity contribution in [3.63, 3.8) is 0 Å². The van der Waals surface area contributed by atoms with Gasteiger partial charge in [-0.05, 0) is 41.4 Å². The maximum atomic E-state index is 12.9. The van der Waals surface area contributed by atoms with E-state index in [1.807, 2.05) is 0 Å². The van der Waals surface area contributed by atoms with Crippen molar-refractivity contribution in [1.29, 1.82) is 0 Å². The van der Waals surface area contributed by atoms with Gasteiger partial charge in [-0.15, -0.1) is 0 Å². The van der Waals surface area contributed by atoms with Crippen LogP contribution in [-0.4, -0.2) is 32.1 Å². The van der Waals surface area contributed by atoms with Crippen LogP contribution in [0.25, 0.3) is 0 Å². The number of rotatable bonds is 7. The average molecular weight is 379 g/mol. The fourth-order valence-corrected chi connectivity index (χ4v) is 4.29. The van der Waals surface area contributed by atoms with Crippen molar-refractivity contribution in [2.45, 2.75) is 24.5 Å². The first-order valence-electron chi connectivity index (χ1n) is 7.04. The monoisotopic (exact) mass is 379 g/mol. The zero-order valence-corrected chi connectivity index (χ0v) is 14.4. The molecule has 0 saturated carbocycles. The van der Waals surface area contributed by atoms with E-state index in [-0.39, 0.29) is 23.8 Å². The largest absolute Gasteiger partial charge is 0.492 e. The van der Waals surface area contributed by atoms with Crippen LogP contribution in [0, 0.1) is 0 Å². The summed E-state index contributed by atoms with van der Waals surface area (Å²) in [7, 11) is -4.37. The molecular weight excluding hydrogens is 363 g/mol. The normalized spacial score (nSPS) is 12.5. The van der Waals surface area contributed by atoms with Gasteiger partial charge in [0.05, 0.1) is 6.61 Å². The van der Waals surface area contributed by atoms with Gasteiger partial charge in [-0.1, -0.05) is 12.1 Å². The molecule has 0 amide bonds. The Balaban J connectivity index is 2.43. The second-order valence-electron chi connectivity index (χ2n) is 4.90. The molecule has 2 rings (SSSR count). The van der Waals surface area contributed by atoms with E-state index < -0.39 is 22.7 Å². The second kappa shape index (κ2) is 7.54. The van der Waals surface area contributed by atoms with Crippen LogP contribution in [0.4, 0.5) is 13.2 Å². The number of hydrogen-bond acceptors (Lipinski definition) is 4. The molecule has 2 aromatic rings. The summed E-state index contributed by atoms with van der Waals surface area (Å²) in [5, 5.41) is 3.30. The Morgan fingerprint density at radius 1 is 1.21 bits per heavy atom. The van der Waals surface area contributed by atoms with Crippen molar-refractivity contribution >= 4 is 21.4 Å². The maximum Gasteiger partial charge on any atom is 0.402 e. The standard InChI is InChI=1S/C15H16F3NO3S2/c1-2-22-13-5-3-4-6-14(13)24(20,21)19(11-15(16,17)18)9-12-7-8-23-10-12/h3-8,10H,2,9,11H2,1H3. The highest BCUT2D eigenvalue weighted by atomic mass is 32.2. The molecular formula is C15H16F3NO3S2. The van der Waals surface area contributed by atoms with Crippen molar-refractivity contribution in [3.8, 4) is 5.75 Å². The summed E-state index contributed by atoms with van der Waals surface area (Å²) in [6.45, 7) is -0.0456. The van der Waals surface area contributed by atoms with E-state index in [9.17, 15) is 21.6 Å². The van der Waals surface area contributed by atoms with Gasteiger partial charge in [0.1, 0.15) is 17.2 Å². The highest BCUT2D eigenvalue weighted by Gasteiger charge is 2.38. The molecule has 1 heterocycles. The predicted molar refractivity (Wildman–Crippen MR) is 85.6 cm³/mol. The Morgan fingerprint density at radius 3 is 2.50 bits per heavy atom. The van der Waals surface area contributed by atoms with E-state index in [4.69, 9.17) is 4.74 Å². The number of thiophene rings is 1. The first-order chi connectivity index (χ1) is 11.2. The number of hydrogen-bond donors (Lipinski definition) is 0. The Hall–Kier alpha value is -1.58. The van der Waals surface area contributed by atoms with Crippen LogP contribution >= 0.6 is 11.3 Å².